The average Bonchev–Trinajstić information content (AvgIpc) is 2.75. The van der Waals surface area contributed by atoms with E-state index in [0.717, 1.165) is 0 Å². The first kappa shape index (κ1) is 12.0. The van der Waals surface area contributed by atoms with Crippen LogP contribution in [0.25, 0.3) is 0 Å². The summed E-state index contributed by atoms with van der Waals surface area (Å²) < 4.78 is 0. The molecule has 2 unspecified atom stereocenters. The van der Waals surface area contributed by atoms with Crippen LogP contribution in [0.1, 0.15) is 29.2 Å². The van der Waals surface area contributed by atoms with Gasteiger partial charge in [-0.05, 0) is 48.8 Å². The van der Waals surface area contributed by atoms with Gasteiger partial charge in [0.05, 0.1) is 0 Å². The Labute approximate surface area is 102 Å². The van der Waals surface area contributed by atoms with E-state index in [1.54, 1.807) is 0 Å². The number of benzene rings is 1. The van der Waals surface area contributed by atoms with Gasteiger partial charge in [0, 0.05) is 6.04 Å². The zero-order valence-electron chi connectivity index (χ0n) is 9.99. The number of nitrogens with two attached hydrogens (primary N) is 1. The van der Waals surface area contributed by atoms with Gasteiger partial charge in [-0.15, -0.1) is 0 Å². The maximum absolute atomic E-state index is 5.73. The monoisotopic (exact) mass is 236 g/mol. The highest BCUT2D eigenvalue weighted by Crippen LogP contribution is 2.34. The Hall–Kier alpha value is -0.510. The van der Waals surface area contributed by atoms with Crippen molar-refractivity contribution in [2.75, 3.05) is 11.5 Å². The molecule has 0 saturated carbocycles. The smallest absolute Gasteiger partial charge is 0.0498 e. The van der Waals surface area contributed by atoms with E-state index in [0.29, 0.717) is 12.0 Å². The van der Waals surface area contributed by atoms with Crippen LogP contribution in [0.2, 0.25) is 0 Å². The Balaban J connectivity index is 2.25. The molecule has 1 heterocycles. The molecule has 1 aliphatic rings. The third-order valence-electron chi connectivity index (χ3n) is 3.38. The van der Waals surface area contributed by atoms with Crippen LogP contribution in [0.15, 0.2) is 18.2 Å². The maximum Gasteiger partial charge on any atom is 0.0498 e. The Kier molecular flexibility index (Phi) is 3.90. The van der Waals surface area contributed by atoms with Crippen molar-refractivity contribution in [1.29, 1.82) is 0 Å². The van der Waals surface area contributed by atoms with Crippen molar-refractivity contribution in [2.45, 2.75) is 26.3 Å². The van der Waals surface area contributed by atoms with Gasteiger partial charge in [0.25, 0.3) is 0 Å². The number of aryl methyl sites for hydroxylation is 2. The molecule has 16 heavy (non-hydrogen) atoms. The first-order chi connectivity index (χ1) is 7.72. The van der Waals surface area contributed by atoms with E-state index in [1.807, 2.05) is 11.8 Å². The largest absolute Gasteiger partial charge is 0.271 e. The Morgan fingerprint density at radius 3 is 2.81 bits per heavy atom. The van der Waals surface area contributed by atoms with Crippen LogP contribution >= 0.6 is 11.8 Å². The number of rotatable bonds is 3. The van der Waals surface area contributed by atoms with Crippen LogP contribution in [0.5, 0.6) is 0 Å². The van der Waals surface area contributed by atoms with E-state index in [-0.39, 0.29) is 0 Å². The third kappa shape index (κ3) is 2.42. The summed E-state index contributed by atoms with van der Waals surface area (Å²) in [6.45, 7) is 4.31. The predicted molar refractivity (Wildman–Crippen MR) is 71.4 cm³/mol. The Morgan fingerprint density at radius 2 is 2.25 bits per heavy atom. The fourth-order valence-corrected chi connectivity index (χ4v) is 3.77. The van der Waals surface area contributed by atoms with Gasteiger partial charge < -0.3 is 0 Å². The lowest BCUT2D eigenvalue weighted by Crippen LogP contribution is -2.34. The molecule has 0 spiro atoms. The van der Waals surface area contributed by atoms with Crippen molar-refractivity contribution >= 4 is 11.8 Å². The van der Waals surface area contributed by atoms with Crippen molar-refractivity contribution in [3.63, 3.8) is 0 Å². The zero-order valence-corrected chi connectivity index (χ0v) is 10.8. The van der Waals surface area contributed by atoms with Gasteiger partial charge >= 0.3 is 0 Å². The second-order valence-electron chi connectivity index (χ2n) is 4.63. The van der Waals surface area contributed by atoms with Crippen molar-refractivity contribution in [1.82, 2.24) is 5.43 Å². The number of hydrogen-bond donors (Lipinski definition) is 2. The minimum Gasteiger partial charge on any atom is -0.271 e. The minimum absolute atomic E-state index is 0.315. The molecule has 1 fully saturated rings. The fraction of sp³-hybridized carbons (Fsp3) is 0.538. The van der Waals surface area contributed by atoms with Crippen LogP contribution in [-0.4, -0.2) is 11.5 Å². The molecule has 1 aliphatic heterocycles. The second kappa shape index (κ2) is 5.21. The fourth-order valence-electron chi connectivity index (χ4n) is 2.47. The molecule has 0 bridgehead atoms. The van der Waals surface area contributed by atoms with Crippen LogP contribution < -0.4 is 11.3 Å². The maximum atomic E-state index is 5.73. The summed E-state index contributed by atoms with van der Waals surface area (Å²) in [6, 6.07) is 6.95. The highest BCUT2D eigenvalue weighted by molar-refractivity contribution is 7.99. The summed E-state index contributed by atoms with van der Waals surface area (Å²) in [4.78, 5) is 0. The van der Waals surface area contributed by atoms with Gasteiger partial charge in [0.15, 0.2) is 0 Å². The average molecular weight is 236 g/mol. The highest BCUT2D eigenvalue weighted by atomic mass is 32.2. The molecule has 3 N–H and O–H groups in total. The molecular weight excluding hydrogens is 216 g/mol. The molecule has 0 radical (unpaired) electrons. The quantitative estimate of drug-likeness (QED) is 0.626. The molecule has 1 saturated heterocycles. The van der Waals surface area contributed by atoms with E-state index in [9.17, 15) is 0 Å². The molecule has 2 atom stereocenters. The van der Waals surface area contributed by atoms with Crippen molar-refractivity contribution in [2.24, 2.45) is 11.8 Å². The summed E-state index contributed by atoms with van der Waals surface area (Å²) in [7, 11) is 0. The van der Waals surface area contributed by atoms with Gasteiger partial charge in [0.2, 0.25) is 0 Å². The summed E-state index contributed by atoms with van der Waals surface area (Å²) in [6.07, 6.45) is 1.27. The highest BCUT2D eigenvalue weighted by Gasteiger charge is 2.26. The SMILES string of the molecule is Cc1ccc(C(NN)C2CCSC2)c(C)c1. The summed E-state index contributed by atoms with van der Waals surface area (Å²) in [5, 5.41) is 0. The van der Waals surface area contributed by atoms with Gasteiger partial charge in [-0.1, -0.05) is 23.8 Å². The van der Waals surface area contributed by atoms with Gasteiger partial charge in [-0.2, -0.15) is 11.8 Å². The lowest BCUT2D eigenvalue weighted by Gasteiger charge is -2.24. The molecule has 0 amide bonds. The zero-order chi connectivity index (χ0) is 11.5. The number of hydrogen-bond acceptors (Lipinski definition) is 3. The number of nitrogens with one attached hydrogen (secondary N) is 1. The van der Waals surface area contributed by atoms with E-state index < -0.39 is 0 Å². The van der Waals surface area contributed by atoms with Crippen LogP contribution in [0.3, 0.4) is 0 Å². The van der Waals surface area contributed by atoms with Gasteiger partial charge in [0.1, 0.15) is 0 Å². The van der Waals surface area contributed by atoms with Crippen molar-refractivity contribution in [3.8, 4) is 0 Å². The molecule has 88 valence electrons. The Bertz CT molecular complexity index is 359. The second-order valence-corrected chi connectivity index (χ2v) is 5.78. The van der Waals surface area contributed by atoms with Crippen LogP contribution in [0, 0.1) is 19.8 Å². The van der Waals surface area contributed by atoms with Gasteiger partial charge in [-0.25, -0.2) is 0 Å². The van der Waals surface area contributed by atoms with Crippen molar-refractivity contribution < 1.29 is 0 Å². The van der Waals surface area contributed by atoms with E-state index >= 15 is 0 Å². The first-order valence-electron chi connectivity index (χ1n) is 5.83. The summed E-state index contributed by atoms with van der Waals surface area (Å²) >= 11 is 2.03. The van der Waals surface area contributed by atoms with E-state index in [2.05, 4.69) is 37.5 Å². The van der Waals surface area contributed by atoms with Crippen molar-refractivity contribution in [3.05, 3.63) is 34.9 Å². The predicted octanol–water partition coefficient (Wildman–Crippen LogP) is 2.56. The topological polar surface area (TPSA) is 38.0 Å². The molecule has 2 nitrogen and oxygen atoms in total. The third-order valence-corrected chi connectivity index (χ3v) is 4.56. The lowest BCUT2D eigenvalue weighted by atomic mass is 9.89. The van der Waals surface area contributed by atoms with E-state index in [1.165, 1.54) is 34.6 Å². The number of thioether (sulfide) groups is 1. The molecule has 2 rings (SSSR count). The molecule has 1 aromatic rings. The molecular formula is C13H20N2S. The van der Waals surface area contributed by atoms with Crippen LogP contribution in [0.4, 0.5) is 0 Å². The minimum atomic E-state index is 0.315. The molecule has 3 heteroatoms. The lowest BCUT2D eigenvalue weighted by molar-refractivity contribution is 0.399. The Morgan fingerprint density at radius 1 is 1.44 bits per heavy atom. The molecule has 0 aromatic heterocycles. The van der Waals surface area contributed by atoms with Crippen LogP contribution in [-0.2, 0) is 0 Å². The van der Waals surface area contributed by atoms with Gasteiger partial charge in [-0.3, -0.25) is 11.3 Å². The standard InChI is InChI=1S/C13H20N2S/c1-9-3-4-12(10(2)7-9)13(15-14)11-5-6-16-8-11/h3-4,7,11,13,15H,5-6,8,14H2,1-2H3. The van der Waals surface area contributed by atoms with E-state index in [4.69, 9.17) is 5.84 Å². The summed E-state index contributed by atoms with van der Waals surface area (Å²) in [5.74, 6) is 8.91. The summed E-state index contributed by atoms with van der Waals surface area (Å²) in [5.41, 5.74) is 7.03. The number of hydrazine groups is 1. The normalized spacial score (nSPS) is 22.3. The first-order valence-corrected chi connectivity index (χ1v) is 6.99. The molecule has 0 aliphatic carbocycles. The molecule has 1 aromatic carbocycles.